The van der Waals surface area contributed by atoms with E-state index in [0.717, 1.165) is 44.9 Å². The van der Waals surface area contributed by atoms with Crippen molar-refractivity contribution < 1.29 is 4.74 Å². The van der Waals surface area contributed by atoms with Gasteiger partial charge in [0.15, 0.2) is 0 Å². The molecule has 0 spiro atoms. The molecule has 0 bridgehead atoms. The molecule has 2 aromatic heterocycles. The summed E-state index contributed by atoms with van der Waals surface area (Å²) in [6.07, 6.45) is 5.84. The van der Waals surface area contributed by atoms with Crippen molar-refractivity contribution in [2.45, 2.75) is 32.5 Å². The van der Waals surface area contributed by atoms with Crippen LogP contribution in [0.1, 0.15) is 23.4 Å². The monoisotopic (exact) mass is 288 g/mol. The molecule has 0 radical (unpaired) electrons. The van der Waals surface area contributed by atoms with E-state index in [1.807, 2.05) is 10.9 Å². The summed E-state index contributed by atoms with van der Waals surface area (Å²) in [5, 5.41) is 15.6. The molecule has 7 heteroatoms. The first kappa shape index (κ1) is 13.0. The van der Waals surface area contributed by atoms with Crippen LogP contribution in [0.15, 0.2) is 12.4 Å². The van der Waals surface area contributed by atoms with Crippen LogP contribution >= 0.6 is 0 Å². The Morgan fingerprint density at radius 2 is 2.43 bits per heavy atom. The third-order valence-corrected chi connectivity index (χ3v) is 4.44. The second-order valence-corrected chi connectivity index (χ2v) is 5.94. The summed E-state index contributed by atoms with van der Waals surface area (Å²) < 4.78 is 7.48. The number of nitrogens with one attached hydrogen (secondary N) is 1. The van der Waals surface area contributed by atoms with E-state index in [1.54, 1.807) is 6.20 Å². The van der Waals surface area contributed by atoms with Crippen molar-refractivity contribution in [2.24, 2.45) is 5.92 Å². The Labute approximate surface area is 123 Å². The van der Waals surface area contributed by atoms with Crippen molar-refractivity contribution in [3.8, 4) is 0 Å². The van der Waals surface area contributed by atoms with Gasteiger partial charge in [-0.3, -0.25) is 14.7 Å². The fourth-order valence-electron chi connectivity index (χ4n) is 3.31. The van der Waals surface area contributed by atoms with Crippen molar-refractivity contribution in [2.75, 3.05) is 19.7 Å². The Hall–Kier alpha value is -1.73. The number of fused-ring (bicyclic) bond motifs is 1. The third-order valence-electron chi connectivity index (χ3n) is 4.44. The first-order chi connectivity index (χ1) is 10.4. The topological polar surface area (TPSA) is 71.9 Å². The van der Waals surface area contributed by atoms with Crippen LogP contribution in [0.5, 0.6) is 0 Å². The maximum absolute atomic E-state index is 5.55. The summed E-state index contributed by atoms with van der Waals surface area (Å²) in [6, 6.07) is 0. The van der Waals surface area contributed by atoms with Crippen LogP contribution < -0.4 is 0 Å². The Bertz CT molecular complexity index is 593. The molecule has 0 aliphatic carbocycles. The lowest BCUT2D eigenvalue weighted by atomic mass is 10.1. The molecule has 2 aliphatic rings. The highest BCUT2D eigenvalue weighted by Crippen LogP contribution is 2.23. The number of likely N-dealkylation sites (tertiary alicyclic amines) is 1. The molecule has 7 nitrogen and oxygen atoms in total. The summed E-state index contributed by atoms with van der Waals surface area (Å²) in [5.74, 6) is 0.651. The number of hydrogen-bond acceptors (Lipinski definition) is 5. The molecule has 1 unspecified atom stereocenters. The molecule has 21 heavy (non-hydrogen) atoms. The number of ether oxygens (including phenoxy) is 1. The van der Waals surface area contributed by atoms with Crippen LogP contribution in [0.2, 0.25) is 0 Å². The Kier molecular flexibility index (Phi) is 3.44. The molecule has 112 valence electrons. The molecular formula is C14H20N6O. The van der Waals surface area contributed by atoms with E-state index < -0.39 is 0 Å². The highest BCUT2D eigenvalue weighted by Gasteiger charge is 2.25. The van der Waals surface area contributed by atoms with E-state index in [1.165, 1.54) is 17.7 Å². The Morgan fingerprint density at radius 3 is 3.33 bits per heavy atom. The van der Waals surface area contributed by atoms with Gasteiger partial charge in [0, 0.05) is 43.5 Å². The van der Waals surface area contributed by atoms with Gasteiger partial charge in [0.2, 0.25) is 0 Å². The summed E-state index contributed by atoms with van der Waals surface area (Å²) in [5.41, 5.74) is 3.70. The molecule has 0 saturated carbocycles. The minimum absolute atomic E-state index is 0.651. The molecule has 1 fully saturated rings. The number of aromatic amines is 1. The Morgan fingerprint density at radius 1 is 1.43 bits per heavy atom. The predicted molar refractivity (Wildman–Crippen MR) is 75.4 cm³/mol. The molecule has 4 heterocycles. The van der Waals surface area contributed by atoms with Gasteiger partial charge >= 0.3 is 0 Å². The average molecular weight is 288 g/mol. The van der Waals surface area contributed by atoms with Crippen molar-refractivity contribution in [1.29, 1.82) is 0 Å². The molecule has 0 aromatic carbocycles. The summed E-state index contributed by atoms with van der Waals surface area (Å²) in [6.45, 7) is 5.61. The first-order valence-corrected chi connectivity index (χ1v) is 7.57. The molecule has 0 amide bonds. The predicted octanol–water partition coefficient (Wildman–Crippen LogP) is 0.596. The maximum Gasteiger partial charge on any atom is 0.0820 e. The average Bonchev–Trinajstić information content (AvgIpc) is 3.23. The maximum atomic E-state index is 5.55. The summed E-state index contributed by atoms with van der Waals surface area (Å²) in [7, 11) is 0. The van der Waals surface area contributed by atoms with Crippen molar-refractivity contribution in [3.05, 3.63) is 29.3 Å². The quantitative estimate of drug-likeness (QED) is 0.892. The van der Waals surface area contributed by atoms with Crippen molar-refractivity contribution in [3.63, 3.8) is 0 Å². The lowest BCUT2D eigenvalue weighted by Crippen LogP contribution is -2.23. The number of rotatable bonds is 4. The largest absolute Gasteiger partial charge is 0.376 e. The van der Waals surface area contributed by atoms with Crippen LogP contribution in [0.25, 0.3) is 0 Å². The van der Waals surface area contributed by atoms with Gasteiger partial charge in [0.05, 0.1) is 25.1 Å². The molecular weight excluding hydrogens is 268 g/mol. The van der Waals surface area contributed by atoms with Gasteiger partial charge in [0.25, 0.3) is 0 Å². The lowest BCUT2D eigenvalue weighted by molar-refractivity contribution is 0.109. The summed E-state index contributed by atoms with van der Waals surface area (Å²) in [4.78, 5) is 2.48. The smallest absolute Gasteiger partial charge is 0.0820 e. The zero-order chi connectivity index (χ0) is 14.1. The van der Waals surface area contributed by atoms with Gasteiger partial charge in [-0.15, -0.1) is 5.10 Å². The van der Waals surface area contributed by atoms with Crippen LogP contribution in [0.4, 0.5) is 0 Å². The zero-order valence-electron chi connectivity index (χ0n) is 12.0. The van der Waals surface area contributed by atoms with Gasteiger partial charge in [-0.25, -0.2) is 0 Å². The first-order valence-electron chi connectivity index (χ1n) is 7.57. The second kappa shape index (κ2) is 5.57. The highest BCUT2D eigenvalue weighted by molar-refractivity contribution is 5.26. The van der Waals surface area contributed by atoms with Crippen LogP contribution in [-0.4, -0.2) is 49.8 Å². The van der Waals surface area contributed by atoms with Crippen molar-refractivity contribution in [1.82, 2.24) is 30.1 Å². The van der Waals surface area contributed by atoms with Gasteiger partial charge in [0.1, 0.15) is 0 Å². The number of nitrogens with zero attached hydrogens (tertiary/aromatic N) is 5. The van der Waals surface area contributed by atoms with Gasteiger partial charge in [-0.05, 0) is 18.9 Å². The molecule has 1 saturated heterocycles. The molecule has 2 aliphatic heterocycles. The lowest BCUT2D eigenvalue weighted by Gasteiger charge is -2.17. The number of hydrogen-bond donors (Lipinski definition) is 1. The SMILES string of the molecule is c1cn(CC2CCN(Cc3n[nH]c4c3COCC4)C2)nn1. The minimum atomic E-state index is 0.651. The highest BCUT2D eigenvalue weighted by atomic mass is 16.5. The van der Waals surface area contributed by atoms with Crippen LogP contribution in [0, 0.1) is 5.92 Å². The number of H-pyrrole nitrogens is 1. The summed E-state index contributed by atoms with van der Waals surface area (Å²) >= 11 is 0. The normalized spacial score (nSPS) is 22.6. The van der Waals surface area contributed by atoms with E-state index in [4.69, 9.17) is 4.74 Å². The van der Waals surface area contributed by atoms with Crippen molar-refractivity contribution >= 4 is 0 Å². The standard InChI is InChI=1S/C14H20N6O/c1-4-19(7-11(1)8-20-5-3-15-18-20)9-14-12-10-21-6-2-13(12)16-17-14/h3,5,11H,1-2,4,6-10H2,(H,16,17). The van der Waals surface area contributed by atoms with Gasteiger partial charge in [-0.1, -0.05) is 5.21 Å². The van der Waals surface area contributed by atoms with Crippen LogP contribution in [0.3, 0.4) is 0 Å². The van der Waals surface area contributed by atoms with E-state index >= 15 is 0 Å². The third kappa shape index (κ3) is 2.71. The minimum Gasteiger partial charge on any atom is -0.376 e. The second-order valence-electron chi connectivity index (χ2n) is 5.94. The Balaban J connectivity index is 1.37. The molecule has 1 atom stereocenters. The molecule has 4 rings (SSSR count). The van der Waals surface area contributed by atoms with Crippen LogP contribution in [-0.2, 0) is 30.9 Å². The fraction of sp³-hybridized carbons (Fsp3) is 0.643. The zero-order valence-corrected chi connectivity index (χ0v) is 12.0. The van der Waals surface area contributed by atoms with E-state index in [2.05, 4.69) is 25.4 Å². The van der Waals surface area contributed by atoms with Gasteiger partial charge in [-0.2, -0.15) is 5.10 Å². The fourth-order valence-corrected chi connectivity index (χ4v) is 3.31. The van der Waals surface area contributed by atoms with Gasteiger partial charge < -0.3 is 4.74 Å². The van der Waals surface area contributed by atoms with E-state index in [9.17, 15) is 0 Å². The number of aromatic nitrogens is 5. The molecule has 2 aromatic rings. The molecule has 1 N–H and O–H groups in total. The van der Waals surface area contributed by atoms with E-state index in [-0.39, 0.29) is 0 Å². The van der Waals surface area contributed by atoms with E-state index in [0.29, 0.717) is 12.5 Å².